The minimum absolute atomic E-state index is 0.562. The Bertz CT molecular complexity index is 5340. The molecule has 17 rings (SSSR count). The average molecular weight is 1400 g/mol. The van der Waals surface area contributed by atoms with Crippen LogP contribution >= 0.6 is 90.7 Å². The molecule has 0 saturated carbocycles. The van der Waals surface area contributed by atoms with Crippen LogP contribution < -0.4 is 0 Å². The average Bonchev–Trinajstić information content (AvgIpc) is 1.58. The van der Waals surface area contributed by atoms with E-state index in [0.717, 1.165) is 88.3 Å². The lowest BCUT2D eigenvalue weighted by Gasteiger charge is -2.13. The zero-order chi connectivity index (χ0) is 66.3. The van der Waals surface area contributed by atoms with Crippen molar-refractivity contribution in [1.29, 1.82) is 0 Å². The van der Waals surface area contributed by atoms with Crippen LogP contribution in [0.2, 0.25) is 0 Å². The molecule has 0 amide bonds. The topological polar surface area (TPSA) is 109 Å². The van der Waals surface area contributed by atoms with Crippen molar-refractivity contribution in [3.63, 3.8) is 0 Å². The predicted octanol–water partition coefficient (Wildman–Crippen LogP) is 25.6. The number of thiophene rings is 8. The fourth-order valence-electron chi connectivity index (χ4n) is 14.9. The monoisotopic (exact) mass is 1390 g/mol. The van der Waals surface area contributed by atoms with E-state index in [9.17, 15) is 0 Å². The summed E-state index contributed by atoms with van der Waals surface area (Å²) < 4.78 is 0. The molecule has 8 bridgehead atoms. The summed E-state index contributed by atoms with van der Waals surface area (Å²) in [6, 6.07) is 37.6. The molecule has 0 atom stereocenters. The van der Waals surface area contributed by atoms with Crippen LogP contribution in [-0.2, 0) is 0 Å². The van der Waals surface area contributed by atoms with Gasteiger partial charge in [0.05, 0.1) is 0 Å². The Morgan fingerprint density at radius 1 is 0.177 bits per heavy atom. The quantitative estimate of drug-likeness (QED) is 0.157. The lowest BCUT2D eigenvalue weighted by atomic mass is 9.90. The number of H-pyrrole nitrogens is 2. The summed E-state index contributed by atoms with van der Waals surface area (Å²) in [7, 11) is 0. The molecule has 0 aliphatic carbocycles. The first-order valence-corrected chi connectivity index (χ1v) is 38.7. The van der Waals surface area contributed by atoms with E-state index in [0.29, 0.717) is 45.9 Å². The van der Waals surface area contributed by atoms with Gasteiger partial charge in [0.15, 0.2) is 23.3 Å². The van der Waals surface area contributed by atoms with Crippen molar-refractivity contribution in [2.45, 2.75) is 111 Å². The number of aromatic amines is 2. The van der Waals surface area contributed by atoms with Crippen LogP contribution in [0.3, 0.4) is 0 Å². The largest absolute Gasteiger partial charge is 0.324 e. The minimum Gasteiger partial charge on any atom is -0.324 e. The third-order valence-corrected chi connectivity index (χ3v) is 26.8. The normalized spacial score (nSPS) is 12.2. The van der Waals surface area contributed by atoms with Gasteiger partial charge in [-0.2, -0.15) is 0 Å². The van der Waals surface area contributed by atoms with E-state index in [1.807, 2.05) is 90.7 Å². The fourth-order valence-corrected chi connectivity index (χ4v) is 22.5. The lowest BCUT2D eigenvalue weighted by molar-refractivity contribution is 1.19. The molecule has 8 nitrogen and oxygen atoms in total. The second-order valence-electron chi connectivity index (χ2n) is 26.0. The summed E-state index contributed by atoms with van der Waals surface area (Å²) in [5.41, 5.74) is 25.0. The van der Waals surface area contributed by atoms with Crippen LogP contribution in [0.15, 0.2) is 97.1 Å². The van der Waals surface area contributed by atoms with Gasteiger partial charge in [-0.25, -0.2) is 29.9 Å². The number of rotatable bonds is 8. The second-order valence-corrected chi connectivity index (χ2v) is 37.7. The number of nitrogens with zero attached hydrogens (tertiary/aromatic N) is 6. The van der Waals surface area contributed by atoms with Crippen molar-refractivity contribution in [2.24, 2.45) is 0 Å². The molecule has 0 unspecified atom stereocenters. The Labute approximate surface area is 589 Å². The maximum atomic E-state index is 5.84. The van der Waals surface area contributed by atoms with Crippen molar-refractivity contribution in [2.75, 3.05) is 0 Å². The molecule has 0 radical (unpaired) electrons. The highest BCUT2D eigenvalue weighted by molar-refractivity contribution is 7.14. The van der Waals surface area contributed by atoms with Crippen LogP contribution in [0.4, 0.5) is 0 Å². The maximum Gasteiger partial charge on any atom is 0.164 e. The summed E-state index contributed by atoms with van der Waals surface area (Å²) in [5, 5.41) is 3.72. The summed E-state index contributed by atoms with van der Waals surface area (Å²) in [6.45, 7) is 35.6. The Kier molecular flexibility index (Phi) is 14.5. The number of fused-ring (bicyclic) bond motifs is 20. The highest BCUT2D eigenvalue weighted by Gasteiger charge is 2.31. The molecule has 11 aromatic heterocycles. The predicted molar refractivity (Wildman–Crippen MR) is 418 cm³/mol. The first kappa shape index (κ1) is 61.4. The van der Waals surface area contributed by atoms with Crippen LogP contribution in [-0.4, -0.2) is 39.9 Å². The van der Waals surface area contributed by atoms with E-state index in [1.54, 1.807) is 0 Å². The smallest absolute Gasteiger partial charge is 0.164 e. The molecule has 474 valence electrons. The van der Waals surface area contributed by atoms with E-state index in [4.69, 9.17) is 29.9 Å². The Hall–Kier alpha value is -8.16. The standard InChI is InChI=1S/C80H66N8S8/c1-33-17-49(41(9)89-33)57-25-65-66(26-58(57)50-18-34(2)90-42(50)10)74-81-73(65)85-75-67-27-59(51-19-35(3)91-43(51)11)60(52-20-36(4)92-44(52)12)28-68(67)77(82-75)87-79-71-31-63(55-23-39(7)95-47(55)15)64(56-24-40(8)96-48(56)16)32-72(71)80(84-79)88-78-70-30-62(54-22-38(6)94-46(54)14)61(29-69(70)76(83-78)86-74)53-21-37(5)93-45(53)13/h17-32H,1-16H3,(H2,81,82,83,84,85,86,87,88). The van der Waals surface area contributed by atoms with Crippen LogP contribution in [0.5, 0.6) is 0 Å². The van der Waals surface area contributed by atoms with E-state index in [-0.39, 0.29) is 0 Å². The number of hydrogen-bond donors (Lipinski definition) is 2. The molecule has 0 fully saturated rings. The molecule has 0 spiro atoms. The molecule has 2 N–H and O–H groups in total. The van der Waals surface area contributed by atoms with Crippen LogP contribution in [0.1, 0.15) is 78.0 Å². The van der Waals surface area contributed by atoms with Gasteiger partial charge in [-0.1, -0.05) is 0 Å². The van der Waals surface area contributed by atoms with Crippen molar-refractivity contribution in [3.05, 3.63) is 175 Å². The molecule has 15 aromatic rings. The van der Waals surface area contributed by atoms with Gasteiger partial charge in [-0.15, -0.1) is 90.7 Å². The molecule has 96 heavy (non-hydrogen) atoms. The number of aryl methyl sites for hydroxylation is 16. The zero-order valence-corrected chi connectivity index (χ0v) is 62.7. The first-order chi connectivity index (χ1) is 46.0. The van der Waals surface area contributed by atoms with Crippen molar-refractivity contribution < 1.29 is 0 Å². The van der Waals surface area contributed by atoms with Gasteiger partial charge in [-0.3, -0.25) is 0 Å². The van der Waals surface area contributed by atoms with Crippen molar-refractivity contribution >= 4 is 135 Å². The zero-order valence-electron chi connectivity index (χ0n) is 56.2. The summed E-state index contributed by atoms with van der Waals surface area (Å²) in [6.07, 6.45) is 0. The number of benzene rings is 4. The van der Waals surface area contributed by atoms with Gasteiger partial charge < -0.3 is 9.97 Å². The van der Waals surface area contributed by atoms with Gasteiger partial charge in [0.2, 0.25) is 0 Å². The Morgan fingerprint density at radius 2 is 0.333 bits per heavy atom. The van der Waals surface area contributed by atoms with E-state index in [2.05, 4.69) is 218 Å². The highest BCUT2D eigenvalue weighted by Crippen LogP contribution is 2.52. The summed E-state index contributed by atoms with van der Waals surface area (Å²) >= 11 is 14.7. The van der Waals surface area contributed by atoms with Crippen LogP contribution in [0.25, 0.3) is 179 Å². The Balaban J connectivity index is 1.07. The lowest BCUT2D eigenvalue weighted by Crippen LogP contribution is -1.91. The number of hydrogen-bond acceptors (Lipinski definition) is 14. The molecule has 0 saturated heterocycles. The van der Waals surface area contributed by atoms with E-state index >= 15 is 0 Å². The third-order valence-electron chi connectivity index (χ3n) is 19.0. The molecule has 16 heteroatoms. The van der Waals surface area contributed by atoms with Crippen molar-refractivity contribution in [3.8, 4) is 135 Å². The van der Waals surface area contributed by atoms with Gasteiger partial charge in [0.25, 0.3) is 0 Å². The highest BCUT2D eigenvalue weighted by atomic mass is 32.1. The van der Waals surface area contributed by atoms with E-state index < -0.39 is 0 Å². The maximum absolute atomic E-state index is 5.84. The minimum atomic E-state index is 0.562. The molecular formula is C80H66N8S8. The molecule has 2 aliphatic rings. The molecule has 13 heterocycles. The third kappa shape index (κ3) is 10.1. The molecule has 4 aromatic carbocycles. The molecule has 2 aliphatic heterocycles. The van der Waals surface area contributed by atoms with Crippen molar-refractivity contribution in [1.82, 2.24) is 39.9 Å². The summed E-state index contributed by atoms with van der Waals surface area (Å²) in [5.74, 6) is 2.25. The van der Waals surface area contributed by atoms with Gasteiger partial charge in [0.1, 0.15) is 22.6 Å². The van der Waals surface area contributed by atoms with E-state index in [1.165, 1.54) is 123 Å². The van der Waals surface area contributed by atoms with Gasteiger partial charge >= 0.3 is 0 Å². The van der Waals surface area contributed by atoms with Gasteiger partial charge in [-0.05, 0) is 297 Å². The number of nitrogens with one attached hydrogen (secondary N) is 2. The van der Waals surface area contributed by atoms with Gasteiger partial charge in [0, 0.05) is 122 Å². The summed E-state index contributed by atoms with van der Waals surface area (Å²) in [4.78, 5) is 62.8. The SMILES string of the molecule is Cc1cc(-c2cc3c(cc2-c2cc(C)sc2C)-c2nc-3nc3[nH]c(nc4nc(nc5[nH]c(n2)c2cc(-c6cc(C)sc6C)c(-c6cc(C)sc6C)cc52)-c2cc(-c5cc(C)sc5C)c(-c5cc(C)sc5C)cc2-4)c2cc(-c4cc(C)sc4C)c(-c4cc(C)sc4C)cc32)c(C)s1. The van der Waals surface area contributed by atoms with Crippen LogP contribution in [0, 0.1) is 111 Å². The number of aromatic nitrogens is 8. The second kappa shape index (κ2) is 22.7. The Morgan fingerprint density at radius 3 is 0.479 bits per heavy atom. The first-order valence-electron chi connectivity index (χ1n) is 32.2. The fraction of sp³-hybridized carbons (Fsp3) is 0.200. The molecular weight excluding hydrogens is 1330 g/mol.